The molecule has 1 atom stereocenters. The lowest BCUT2D eigenvalue weighted by Gasteiger charge is -2.23. The summed E-state index contributed by atoms with van der Waals surface area (Å²) >= 11 is 1.61. The molecule has 0 spiro atoms. The van der Waals surface area contributed by atoms with Gasteiger partial charge in [0, 0.05) is 6.42 Å². The van der Waals surface area contributed by atoms with Crippen LogP contribution < -0.4 is 5.32 Å². The maximum atomic E-state index is 11.8. The number of hydrogen-bond donors (Lipinski definition) is 1. The van der Waals surface area contributed by atoms with E-state index in [4.69, 9.17) is 0 Å². The molecule has 0 unspecified atom stereocenters. The van der Waals surface area contributed by atoms with E-state index >= 15 is 0 Å². The molecular weight excluding hydrogens is 270 g/mol. The molecule has 1 fully saturated rings. The topological polar surface area (TPSA) is 63.2 Å². The highest BCUT2D eigenvalue weighted by atomic mass is 32.2. The number of rotatable bonds is 4. The van der Waals surface area contributed by atoms with E-state index in [9.17, 15) is 13.2 Å². The molecular formula is C12H17NO3S2. The molecule has 1 aromatic rings. The van der Waals surface area contributed by atoms with Crippen molar-refractivity contribution in [3.8, 4) is 0 Å². The third kappa shape index (κ3) is 3.55. The van der Waals surface area contributed by atoms with Crippen LogP contribution in [0.2, 0.25) is 0 Å². The van der Waals surface area contributed by atoms with Crippen molar-refractivity contribution in [2.24, 2.45) is 0 Å². The summed E-state index contributed by atoms with van der Waals surface area (Å²) in [5.41, 5.74) is 0.573. The van der Waals surface area contributed by atoms with E-state index in [0.29, 0.717) is 19.3 Å². The van der Waals surface area contributed by atoms with Crippen molar-refractivity contribution in [3.05, 3.63) is 22.4 Å². The number of amides is 1. The van der Waals surface area contributed by atoms with Crippen molar-refractivity contribution < 1.29 is 13.2 Å². The second kappa shape index (κ2) is 5.01. The third-order valence-electron chi connectivity index (χ3n) is 3.17. The van der Waals surface area contributed by atoms with Gasteiger partial charge in [0.25, 0.3) is 0 Å². The Morgan fingerprint density at radius 1 is 1.56 bits per heavy atom. The Morgan fingerprint density at radius 2 is 2.33 bits per heavy atom. The van der Waals surface area contributed by atoms with Gasteiger partial charge in [-0.15, -0.1) is 0 Å². The van der Waals surface area contributed by atoms with Crippen LogP contribution in [0.3, 0.4) is 0 Å². The number of hydrogen-bond acceptors (Lipinski definition) is 4. The molecule has 18 heavy (non-hydrogen) atoms. The number of carbonyl (C=O) groups excluding carboxylic acids is 1. The van der Waals surface area contributed by atoms with Crippen LogP contribution in [0.25, 0.3) is 0 Å². The lowest BCUT2D eigenvalue weighted by molar-refractivity contribution is -0.122. The summed E-state index contributed by atoms with van der Waals surface area (Å²) in [5.74, 6) is 0.166. The Labute approximate surface area is 111 Å². The molecule has 6 heteroatoms. The molecule has 100 valence electrons. The summed E-state index contributed by atoms with van der Waals surface area (Å²) in [4.78, 5) is 11.8. The Morgan fingerprint density at radius 3 is 2.89 bits per heavy atom. The van der Waals surface area contributed by atoms with Crippen molar-refractivity contribution in [2.75, 3.05) is 11.5 Å². The average molecular weight is 287 g/mol. The highest BCUT2D eigenvalue weighted by Gasteiger charge is 2.39. The van der Waals surface area contributed by atoms with Gasteiger partial charge in [-0.2, -0.15) is 11.3 Å². The zero-order valence-electron chi connectivity index (χ0n) is 10.3. The molecule has 1 aliphatic heterocycles. The van der Waals surface area contributed by atoms with E-state index in [1.807, 2.05) is 16.8 Å². The Balaban J connectivity index is 1.84. The molecule has 2 heterocycles. The summed E-state index contributed by atoms with van der Waals surface area (Å²) in [6, 6.07) is 2.00. The molecule has 0 aliphatic carbocycles. The second-order valence-electron chi connectivity index (χ2n) is 5.08. The van der Waals surface area contributed by atoms with Crippen molar-refractivity contribution in [2.45, 2.75) is 31.7 Å². The minimum atomic E-state index is -2.97. The van der Waals surface area contributed by atoms with Crippen LogP contribution in [-0.2, 0) is 21.1 Å². The van der Waals surface area contributed by atoms with E-state index in [-0.39, 0.29) is 17.4 Å². The summed E-state index contributed by atoms with van der Waals surface area (Å²) in [5, 5.41) is 6.87. The standard InChI is InChI=1S/C12H17NO3S2/c1-12(5-7-18(15,16)9-12)13-11(14)3-2-10-4-6-17-8-10/h4,6,8H,2-3,5,7,9H2,1H3,(H,13,14)/t12-/m1/s1. The lowest BCUT2D eigenvalue weighted by Crippen LogP contribution is -2.46. The minimum Gasteiger partial charge on any atom is -0.350 e. The highest BCUT2D eigenvalue weighted by Crippen LogP contribution is 2.23. The summed E-state index contributed by atoms with van der Waals surface area (Å²) in [6.45, 7) is 1.81. The molecule has 1 saturated heterocycles. The van der Waals surface area contributed by atoms with Gasteiger partial charge >= 0.3 is 0 Å². The van der Waals surface area contributed by atoms with E-state index in [1.165, 1.54) is 0 Å². The first kappa shape index (κ1) is 13.5. The molecule has 1 aliphatic rings. The van der Waals surface area contributed by atoms with Gasteiger partial charge in [-0.3, -0.25) is 4.79 Å². The van der Waals surface area contributed by atoms with Gasteiger partial charge in [-0.25, -0.2) is 8.42 Å². The molecule has 1 N–H and O–H groups in total. The first-order valence-corrected chi connectivity index (χ1v) is 8.68. The van der Waals surface area contributed by atoms with E-state index in [1.54, 1.807) is 18.3 Å². The Hall–Kier alpha value is -0.880. The van der Waals surface area contributed by atoms with Gasteiger partial charge in [0.2, 0.25) is 5.91 Å². The Bertz CT molecular complexity index is 522. The number of sulfone groups is 1. The fourth-order valence-corrected chi connectivity index (χ4v) is 5.00. The number of nitrogens with one attached hydrogen (secondary N) is 1. The van der Waals surface area contributed by atoms with E-state index in [2.05, 4.69) is 5.32 Å². The van der Waals surface area contributed by atoms with Crippen molar-refractivity contribution in [1.82, 2.24) is 5.32 Å². The molecule has 0 bridgehead atoms. The lowest BCUT2D eigenvalue weighted by atomic mass is 10.0. The molecule has 4 nitrogen and oxygen atoms in total. The van der Waals surface area contributed by atoms with Crippen molar-refractivity contribution >= 4 is 27.1 Å². The van der Waals surface area contributed by atoms with Crippen molar-refractivity contribution in [3.63, 3.8) is 0 Å². The van der Waals surface area contributed by atoms with Gasteiger partial charge in [-0.05, 0) is 42.2 Å². The van der Waals surface area contributed by atoms with Crippen LogP contribution in [-0.4, -0.2) is 31.4 Å². The summed E-state index contributed by atoms with van der Waals surface area (Å²) in [7, 11) is -2.97. The minimum absolute atomic E-state index is 0.0597. The highest BCUT2D eigenvalue weighted by molar-refractivity contribution is 7.91. The SMILES string of the molecule is C[C@@]1(NC(=O)CCc2ccsc2)CCS(=O)(=O)C1. The van der Waals surface area contributed by atoms with Gasteiger partial charge in [-0.1, -0.05) is 0 Å². The average Bonchev–Trinajstić information content (AvgIpc) is 2.84. The molecule has 0 saturated carbocycles. The van der Waals surface area contributed by atoms with Crippen LogP contribution in [0, 0.1) is 0 Å². The van der Waals surface area contributed by atoms with Crippen molar-refractivity contribution in [1.29, 1.82) is 0 Å². The summed E-state index contributed by atoms with van der Waals surface area (Å²) < 4.78 is 22.8. The first-order valence-electron chi connectivity index (χ1n) is 5.91. The molecule has 0 radical (unpaired) electrons. The molecule has 1 aromatic heterocycles. The monoisotopic (exact) mass is 287 g/mol. The van der Waals surface area contributed by atoms with Crippen LogP contribution in [0.4, 0.5) is 0 Å². The number of carbonyl (C=O) groups is 1. The molecule has 0 aromatic carbocycles. The fraction of sp³-hybridized carbons (Fsp3) is 0.583. The maximum Gasteiger partial charge on any atom is 0.220 e. The Kier molecular flexibility index (Phi) is 3.77. The maximum absolute atomic E-state index is 11.8. The van der Waals surface area contributed by atoms with Gasteiger partial charge in [0.15, 0.2) is 9.84 Å². The second-order valence-corrected chi connectivity index (χ2v) is 8.05. The van der Waals surface area contributed by atoms with E-state index in [0.717, 1.165) is 5.56 Å². The number of aryl methyl sites for hydroxylation is 1. The van der Waals surface area contributed by atoms with Crippen LogP contribution >= 0.6 is 11.3 Å². The zero-order chi connectivity index (χ0) is 13.2. The smallest absolute Gasteiger partial charge is 0.220 e. The number of thiophene rings is 1. The van der Waals surface area contributed by atoms with Gasteiger partial charge in [0.1, 0.15) is 0 Å². The normalized spacial score (nSPS) is 26.1. The van der Waals surface area contributed by atoms with Gasteiger partial charge < -0.3 is 5.32 Å². The predicted molar refractivity (Wildman–Crippen MR) is 72.5 cm³/mol. The van der Waals surface area contributed by atoms with Gasteiger partial charge in [0.05, 0.1) is 17.0 Å². The third-order valence-corrected chi connectivity index (χ3v) is 5.80. The zero-order valence-corrected chi connectivity index (χ0v) is 11.9. The van der Waals surface area contributed by atoms with Crippen LogP contribution in [0.15, 0.2) is 16.8 Å². The fourth-order valence-electron chi connectivity index (χ4n) is 2.20. The van der Waals surface area contributed by atoms with Crippen LogP contribution in [0.1, 0.15) is 25.3 Å². The summed E-state index contributed by atoms with van der Waals surface area (Å²) in [6.07, 6.45) is 1.63. The van der Waals surface area contributed by atoms with E-state index < -0.39 is 15.4 Å². The molecule has 2 rings (SSSR count). The van der Waals surface area contributed by atoms with Crippen LogP contribution in [0.5, 0.6) is 0 Å². The predicted octanol–water partition coefficient (Wildman–Crippen LogP) is 1.37. The molecule has 1 amide bonds. The first-order chi connectivity index (χ1) is 8.39. The quantitative estimate of drug-likeness (QED) is 0.910. The largest absolute Gasteiger partial charge is 0.350 e.